The molecule has 152 valence electrons. The molecule has 0 unspecified atom stereocenters. The van der Waals surface area contributed by atoms with Crippen LogP contribution in [0.15, 0.2) is 47.3 Å². The lowest BCUT2D eigenvalue weighted by Crippen LogP contribution is -2.36. The first-order chi connectivity index (χ1) is 14.5. The van der Waals surface area contributed by atoms with Crippen molar-refractivity contribution in [2.45, 2.75) is 19.4 Å². The predicted octanol–water partition coefficient (Wildman–Crippen LogP) is 1.90. The summed E-state index contributed by atoms with van der Waals surface area (Å²) >= 11 is 1.37. The van der Waals surface area contributed by atoms with Crippen molar-refractivity contribution in [2.75, 3.05) is 6.54 Å². The van der Waals surface area contributed by atoms with E-state index >= 15 is 0 Å². The van der Waals surface area contributed by atoms with Crippen molar-refractivity contribution in [3.05, 3.63) is 58.5 Å². The minimum Gasteiger partial charge on any atom is -0.458 e. The van der Waals surface area contributed by atoms with Gasteiger partial charge in [0.05, 0.1) is 27.7 Å². The van der Waals surface area contributed by atoms with Gasteiger partial charge in [0.15, 0.2) is 4.96 Å². The molecule has 9 heteroatoms. The molecule has 1 saturated heterocycles. The number of carbonyl (C=O) groups is 3. The second-order valence-electron chi connectivity index (χ2n) is 7.35. The van der Waals surface area contributed by atoms with Gasteiger partial charge in [0.2, 0.25) is 11.8 Å². The molecule has 2 amide bonds. The monoisotopic (exact) mass is 423 g/mol. The van der Waals surface area contributed by atoms with Gasteiger partial charge in [-0.2, -0.15) is 0 Å². The molecule has 0 spiro atoms. The molecule has 2 aromatic heterocycles. The van der Waals surface area contributed by atoms with Gasteiger partial charge in [0.25, 0.3) is 5.56 Å². The molecular formula is C21H17N3O5S. The molecule has 5 rings (SSSR count). The largest absolute Gasteiger partial charge is 0.458 e. The summed E-state index contributed by atoms with van der Waals surface area (Å²) in [6, 6.07) is 8.82. The summed E-state index contributed by atoms with van der Waals surface area (Å²) in [5, 5.41) is 0. The van der Waals surface area contributed by atoms with Crippen LogP contribution in [0.3, 0.4) is 0 Å². The summed E-state index contributed by atoms with van der Waals surface area (Å²) in [5.74, 6) is -2.12. The van der Waals surface area contributed by atoms with E-state index in [2.05, 4.69) is 4.98 Å². The minimum atomic E-state index is -0.707. The number of hydrogen-bond acceptors (Lipinski definition) is 7. The Hall–Kier alpha value is -3.33. The van der Waals surface area contributed by atoms with E-state index in [9.17, 15) is 19.2 Å². The van der Waals surface area contributed by atoms with Crippen LogP contribution in [0.2, 0.25) is 0 Å². The first-order valence-corrected chi connectivity index (χ1v) is 10.4. The van der Waals surface area contributed by atoms with Crippen molar-refractivity contribution >= 4 is 44.3 Å². The number of amides is 2. The number of thiazole rings is 1. The van der Waals surface area contributed by atoms with Gasteiger partial charge in [0.1, 0.15) is 13.2 Å². The summed E-state index contributed by atoms with van der Waals surface area (Å²) in [6.07, 6.45) is 4.82. The first-order valence-electron chi connectivity index (χ1n) is 9.59. The lowest BCUT2D eigenvalue weighted by atomic mass is 9.85. The number of imide groups is 1. The molecule has 0 N–H and O–H groups in total. The zero-order valence-corrected chi connectivity index (χ0v) is 16.6. The number of esters is 1. The number of carbonyl (C=O) groups excluding carboxylic acids is 3. The highest BCUT2D eigenvalue weighted by molar-refractivity contribution is 7.23. The highest BCUT2D eigenvalue weighted by atomic mass is 32.1. The summed E-state index contributed by atoms with van der Waals surface area (Å²) in [6.45, 7) is -0.627. The summed E-state index contributed by atoms with van der Waals surface area (Å²) in [7, 11) is 0. The Balaban J connectivity index is 1.29. The maximum absolute atomic E-state index is 12.5. The number of rotatable bonds is 4. The number of ether oxygens (including phenoxy) is 1. The average molecular weight is 423 g/mol. The summed E-state index contributed by atoms with van der Waals surface area (Å²) in [5.41, 5.74) is 0.836. The Morgan fingerprint density at radius 1 is 1.10 bits per heavy atom. The van der Waals surface area contributed by atoms with Crippen LogP contribution in [0.5, 0.6) is 0 Å². The van der Waals surface area contributed by atoms with Crippen molar-refractivity contribution in [1.29, 1.82) is 0 Å². The standard InChI is InChI=1S/C21H17N3O5S/c25-17-9-12(22-21-24(17)15-7-3-4-8-16(15)30-21)11-29-18(26)10-23-19(27)13-5-1-2-6-14(13)20(23)28/h1-4,7-9,13-14H,5-6,10-11H2/t13-,14-/m0/s1. The number of allylic oxidation sites excluding steroid dienone is 2. The lowest BCUT2D eigenvalue weighted by Gasteiger charge is -2.14. The molecule has 0 radical (unpaired) electrons. The van der Waals surface area contributed by atoms with Crippen LogP contribution in [-0.4, -0.2) is 38.6 Å². The van der Waals surface area contributed by atoms with E-state index in [4.69, 9.17) is 4.74 Å². The highest BCUT2D eigenvalue weighted by Gasteiger charge is 2.47. The SMILES string of the molecule is O=C(CN1C(=O)[C@H]2CC=CC[C@@H]2C1=O)OCc1cc(=O)n2c(n1)sc1ccccc12. The van der Waals surface area contributed by atoms with E-state index in [1.54, 1.807) is 0 Å². The number of aromatic nitrogens is 2. The smallest absolute Gasteiger partial charge is 0.326 e. The zero-order chi connectivity index (χ0) is 20.8. The molecule has 1 aromatic carbocycles. The van der Waals surface area contributed by atoms with E-state index in [-0.39, 0.29) is 35.8 Å². The van der Waals surface area contributed by atoms with Crippen LogP contribution in [0.25, 0.3) is 15.2 Å². The van der Waals surface area contributed by atoms with Crippen LogP contribution in [-0.2, 0) is 25.7 Å². The molecule has 2 aliphatic rings. The highest BCUT2D eigenvalue weighted by Crippen LogP contribution is 2.34. The van der Waals surface area contributed by atoms with Gasteiger partial charge in [-0.25, -0.2) is 4.98 Å². The van der Waals surface area contributed by atoms with Crippen LogP contribution in [0.1, 0.15) is 18.5 Å². The molecule has 0 bridgehead atoms. The molecule has 1 fully saturated rings. The molecule has 30 heavy (non-hydrogen) atoms. The second kappa shape index (κ2) is 7.17. The third kappa shape index (κ3) is 3.02. The molecule has 1 aliphatic heterocycles. The quantitative estimate of drug-likeness (QED) is 0.361. The van der Waals surface area contributed by atoms with Crippen LogP contribution >= 0.6 is 11.3 Å². The minimum absolute atomic E-state index is 0.205. The molecule has 8 nitrogen and oxygen atoms in total. The fraction of sp³-hybridized carbons (Fsp3) is 0.286. The topological polar surface area (TPSA) is 98.0 Å². The van der Waals surface area contributed by atoms with Crippen LogP contribution in [0.4, 0.5) is 0 Å². The summed E-state index contributed by atoms with van der Waals surface area (Å²) in [4.78, 5) is 55.6. The Bertz CT molecular complexity index is 1260. The predicted molar refractivity (Wildman–Crippen MR) is 109 cm³/mol. The van der Waals surface area contributed by atoms with Crippen molar-refractivity contribution < 1.29 is 19.1 Å². The Morgan fingerprint density at radius 3 is 2.53 bits per heavy atom. The maximum Gasteiger partial charge on any atom is 0.326 e. The van der Waals surface area contributed by atoms with Crippen molar-refractivity contribution in [3.8, 4) is 0 Å². The van der Waals surface area contributed by atoms with Gasteiger partial charge >= 0.3 is 5.97 Å². The number of hydrogen-bond donors (Lipinski definition) is 0. The van der Waals surface area contributed by atoms with Gasteiger partial charge in [-0.05, 0) is 25.0 Å². The van der Waals surface area contributed by atoms with E-state index in [1.165, 1.54) is 21.8 Å². The van der Waals surface area contributed by atoms with Crippen molar-refractivity contribution in [3.63, 3.8) is 0 Å². The van der Waals surface area contributed by atoms with Crippen molar-refractivity contribution in [1.82, 2.24) is 14.3 Å². The molecule has 0 saturated carbocycles. The zero-order valence-electron chi connectivity index (χ0n) is 15.8. The normalized spacial score (nSPS) is 20.9. The van der Waals surface area contributed by atoms with Gasteiger partial charge < -0.3 is 4.74 Å². The number of nitrogens with zero attached hydrogens (tertiary/aromatic N) is 3. The van der Waals surface area contributed by atoms with Gasteiger partial charge in [0, 0.05) is 6.07 Å². The van der Waals surface area contributed by atoms with E-state index < -0.39 is 12.5 Å². The fourth-order valence-corrected chi connectivity index (χ4v) is 5.10. The molecular weight excluding hydrogens is 406 g/mol. The van der Waals surface area contributed by atoms with Gasteiger partial charge in [-0.1, -0.05) is 35.6 Å². The second-order valence-corrected chi connectivity index (χ2v) is 8.36. The maximum atomic E-state index is 12.5. The summed E-state index contributed by atoms with van der Waals surface area (Å²) < 4.78 is 7.66. The molecule has 1 aliphatic carbocycles. The van der Waals surface area contributed by atoms with Gasteiger partial charge in [-0.15, -0.1) is 0 Å². The van der Waals surface area contributed by atoms with Gasteiger partial charge in [-0.3, -0.25) is 28.5 Å². The number of para-hydroxylation sites is 1. The van der Waals surface area contributed by atoms with Crippen molar-refractivity contribution in [2.24, 2.45) is 11.8 Å². The van der Waals surface area contributed by atoms with E-state index in [1.807, 2.05) is 36.4 Å². The fourth-order valence-electron chi connectivity index (χ4n) is 4.05. The first kappa shape index (κ1) is 18.7. The molecule has 3 aromatic rings. The Kier molecular flexibility index (Phi) is 4.47. The van der Waals surface area contributed by atoms with Crippen LogP contribution < -0.4 is 5.56 Å². The van der Waals surface area contributed by atoms with Crippen LogP contribution in [0, 0.1) is 11.8 Å². The molecule has 2 atom stereocenters. The lowest BCUT2D eigenvalue weighted by molar-refractivity contribution is -0.153. The number of benzene rings is 1. The number of likely N-dealkylation sites (tertiary alicyclic amines) is 1. The Labute approximate surface area is 174 Å². The third-order valence-electron chi connectivity index (χ3n) is 5.52. The van der Waals surface area contributed by atoms with E-state index in [0.717, 1.165) is 15.1 Å². The third-order valence-corrected chi connectivity index (χ3v) is 6.54. The van der Waals surface area contributed by atoms with E-state index in [0.29, 0.717) is 23.5 Å². The molecule has 3 heterocycles. The number of fused-ring (bicyclic) bond motifs is 4. The average Bonchev–Trinajstić information content (AvgIpc) is 3.24. The Morgan fingerprint density at radius 2 is 1.80 bits per heavy atom.